The van der Waals surface area contributed by atoms with Gasteiger partial charge in [-0.15, -0.1) is 5.10 Å². The summed E-state index contributed by atoms with van der Waals surface area (Å²) in [6, 6.07) is 1.72. The number of hydrogen-bond donors (Lipinski definition) is 2. The van der Waals surface area contributed by atoms with Gasteiger partial charge in [0.2, 0.25) is 0 Å². The van der Waals surface area contributed by atoms with Crippen molar-refractivity contribution in [3.63, 3.8) is 0 Å². The van der Waals surface area contributed by atoms with Crippen LogP contribution in [0, 0.1) is 5.41 Å². The zero-order valence-corrected chi connectivity index (χ0v) is 11.0. The second kappa shape index (κ2) is 4.53. The first-order valence-electron chi connectivity index (χ1n) is 5.98. The first-order chi connectivity index (χ1) is 8.39. The van der Waals surface area contributed by atoms with Crippen molar-refractivity contribution < 1.29 is 4.74 Å². The molecule has 1 aromatic heterocycles. The van der Waals surface area contributed by atoms with Gasteiger partial charge in [0, 0.05) is 13.1 Å². The zero-order chi connectivity index (χ0) is 13.3. The molecular formula is C12H19N5O. The van der Waals surface area contributed by atoms with Gasteiger partial charge in [-0.25, -0.2) is 0 Å². The topological polar surface area (TPSA) is 88.1 Å². The van der Waals surface area contributed by atoms with Crippen LogP contribution in [-0.2, 0) is 4.74 Å². The molecule has 18 heavy (non-hydrogen) atoms. The van der Waals surface area contributed by atoms with Gasteiger partial charge in [0.05, 0.1) is 23.5 Å². The highest BCUT2D eigenvalue weighted by Crippen LogP contribution is 2.26. The highest BCUT2D eigenvalue weighted by Gasteiger charge is 2.33. The smallest absolute Gasteiger partial charge is 0.162 e. The lowest BCUT2D eigenvalue weighted by Gasteiger charge is -2.42. The summed E-state index contributed by atoms with van der Waals surface area (Å²) in [6.07, 6.45) is 1.66. The molecule has 0 aromatic carbocycles. The number of nitrogen functional groups attached to an aromatic ring is 1. The second-order valence-electron chi connectivity index (χ2n) is 5.25. The van der Waals surface area contributed by atoms with Crippen LogP contribution in [0.1, 0.15) is 26.3 Å². The Morgan fingerprint density at radius 3 is 2.94 bits per heavy atom. The molecule has 0 radical (unpaired) electrons. The second-order valence-corrected chi connectivity index (χ2v) is 5.25. The molecule has 6 heteroatoms. The van der Waals surface area contributed by atoms with Gasteiger partial charge in [-0.3, -0.25) is 5.41 Å². The summed E-state index contributed by atoms with van der Waals surface area (Å²) in [5.74, 6) is 0.671. The Kier molecular flexibility index (Phi) is 3.21. The van der Waals surface area contributed by atoms with Gasteiger partial charge in [-0.1, -0.05) is 0 Å². The van der Waals surface area contributed by atoms with Gasteiger partial charge >= 0.3 is 0 Å². The van der Waals surface area contributed by atoms with Crippen molar-refractivity contribution in [3.8, 4) is 0 Å². The molecule has 1 aromatic rings. The quantitative estimate of drug-likeness (QED) is 0.597. The van der Waals surface area contributed by atoms with Crippen molar-refractivity contribution >= 4 is 11.7 Å². The summed E-state index contributed by atoms with van der Waals surface area (Å²) in [6.45, 7) is 7.54. The minimum absolute atomic E-state index is 0.0110. The number of hydrogen-bond acceptors (Lipinski definition) is 5. The Balaban J connectivity index is 2.34. The lowest BCUT2D eigenvalue weighted by Crippen LogP contribution is -2.52. The molecule has 0 spiro atoms. The third-order valence-corrected chi connectivity index (χ3v) is 2.86. The number of amidine groups is 1. The van der Waals surface area contributed by atoms with Crippen LogP contribution < -0.4 is 10.6 Å². The van der Waals surface area contributed by atoms with E-state index in [9.17, 15) is 0 Å². The lowest BCUT2D eigenvalue weighted by molar-refractivity contribution is -0.0752. The number of ether oxygens (including phenoxy) is 1. The fourth-order valence-electron chi connectivity index (χ4n) is 2.38. The van der Waals surface area contributed by atoms with Gasteiger partial charge in [0.25, 0.3) is 0 Å². The maximum absolute atomic E-state index is 7.60. The molecule has 1 atom stereocenters. The number of anilines is 1. The summed E-state index contributed by atoms with van der Waals surface area (Å²) in [7, 11) is 0. The van der Waals surface area contributed by atoms with E-state index in [0.717, 1.165) is 6.54 Å². The van der Waals surface area contributed by atoms with Crippen LogP contribution in [0.2, 0.25) is 0 Å². The number of nitrogens with two attached hydrogens (primary N) is 1. The highest BCUT2D eigenvalue weighted by atomic mass is 16.5. The van der Waals surface area contributed by atoms with Crippen LogP contribution in [0.15, 0.2) is 12.3 Å². The fraction of sp³-hybridized carbons (Fsp3) is 0.583. The normalized spacial score (nSPS) is 22.8. The maximum Gasteiger partial charge on any atom is 0.162 e. The Morgan fingerprint density at radius 2 is 2.33 bits per heavy atom. The van der Waals surface area contributed by atoms with E-state index >= 15 is 0 Å². The monoisotopic (exact) mass is 249 g/mol. The minimum Gasteiger partial charge on any atom is -0.384 e. The van der Waals surface area contributed by atoms with E-state index in [1.54, 1.807) is 12.3 Å². The van der Waals surface area contributed by atoms with Gasteiger partial charge in [-0.2, -0.15) is 5.10 Å². The van der Waals surface area contributed by atoms with E-state index in [-0.39, 0.29) is 17.5 Å². The summed E-state index contributed by atoms with van der Waals surface area (Å²) in [5.41, 5.74) is 5.95. The van der Waals surface area contributed by atoms with E-state index in [4.69, 9.17) is 15.9 Å². The van der Waals surface area contributed by atoms with Crippen LogP contribution in [0.4, 0.5) is 5.82 Å². The molecule has 1 aliphatic rings. The standard InChI is InChI=1S/C12H19N5O/c1-8-6-17(7-12(2,3)18-8)11-9(10(13)14)4-5-15-16-11/h4-5,8H,6-7H2,1-3H3,(H3,13,14). The molecule has 0 saturated carbocycles. The predicted octanol–water partition coefficient (Wildman–Crippen LogP) is 0.764. The number of nitrogens with one attached hydrogen (secondary N) is 1. The minimum atomic E-state index is -0.247. The molecule has 1 unspecified atom stereocenters. The van der Waals surface area contributed by atoms with Crippen molar-refractivity contribution in [3.05, 3.63) is 17.8 Å². The maximum atomic E-state index is 7.60. The zero-order valence-electron chi connectivity index (χ0n) is 11.0. The fourth-order valence-corrected chi connectivity index (χ4v) is 2.38. The van der Waals surface area contributed by atoms with Gasteiger partial charge in [-0.05, 0) is 26.8 Å². The first kappa shape index (κ1) is 12.8. The Bertz CT molecular complexity index is 460. The highest BCUT2D eigenvalue weighted by molar-refractivity contribution is 5.99. The lowest BCUT2D eigenvalue weighted by atomic mass is 10.0. The Hall–Kier alpha value is -1.69. The third-order valence-electron chi connectivity index (χ3n) is 2.86. The van der Waals surface area contributed by atoms with Crippen molar-refractivity contribution in [1.29, 1.82) is 5.41 Å². The molecule has 0 amide bonds. The molecule has 3 N–H and O–H groups in total. The molecule has 0 aliphatic carbocycles. The summed E-state index contributed by atoms with van der Waals surface area (Å²) in [4.78, 5) is 2.08. The molecule has 1 fully saturated rings. The van der Waals surface area contributed by atoms with Crippen LogP contribution in [0.5, 0.6) is 0 Å². The Morgan fingerprint density at radius 1 is 1.61 bits per heavy atom. The van der Waals surface area contributed by atoms with Crippen LogP contribution in [-0.4, -0.2) is 40.8 Å². The van der Waals surface area contributed by atoms with E-state index in [0.29, 0.717) is 17.9 Å². The molecule has 0 bridgehead atoms. The van der Waals surface area contributed by atoms with E-state index in [2.05, 4.69) is 15.1 Å². The number of morpholine rings is 1. The molecule has 1 aliphatic heterocycles. The number of nitrogens with zero attached hydrogens (tertiary/aromatic N) is 3. The largest absolute Gasteiger partial charge is 0.384 e. The van der Waals surface area contributed by atoms with E-state index in [1.165, 1.54) is 0 Å². The SMILES string of the molecule is CC1CN(c2nnccc2C(=N)N)CC(C)(C)O1. The van der Waals surface area contributed by atoms with E-state index in [1.807, 2.05) is 20.8 Å². The molecule has 2 heterocycles. The van der Waals surface area contributed by atoms with Gasteiger partial charge < -0.3 is 15.4 Å². The molecule has 1 saturated heterocycles. The number of aromatic nitrogens is 2. The van der Waals surface area contributed by atoms with Crippen LogP contribution in [0.3, 0.4) is 0 Å². The summed E-state index contributed by atoms with van der Waals surface area (Å²) >= 11 is 0. The van der Waals surface area contributed by atoms with Crippen molar-refractivity contribution in [2.24, 2.45) is 5.73 Å². The predicted molar refractivity (Wildman–Crippen MR) is 69.9 cm³/mol. The molecule has 98 valence electrons. The Labute approximate surface area is 107 Å². The summed E-state index contributed by atoms with van der Waals surface area (Å²) < 4.78 is 5.85. The van der Waals surface area contributed by atoms with Crippen LogP contribution >= 0.6 is 0 Å². The summed E-state index contributed by atoms with van der Waals surface area (Å²) in [5, 5.41) is 15.6. The van der Waals surface area contributed by atoms with E-state index < -0.39 is 0 Å². The molecule has 6 nitrogen and oxygen atoms in total. The average Bonchev–Trinajstić information content (AvgIpc) is 2.26. The van der Waals surface area contributed by atoms with Crippen molar-refractivity contribution in [1.82, 2.24) is 10.2 Å². The van der Waals surface area contributed by atoms with Gasteiger partial charge in [0.15, 0.2) is 5.82 Å². The van der Waals surface area contributed by atoms with Crippen molar-refractivity contribution in [2.75, 3.05) is 18.0 Å². The first-order valence-corrected chi connectivity index (χ1v) is 5.98. The molecular weight excluding hydrogens is 230 g/mol. The van der Waals surface area contributed by atoms with Gasteiger partial charge in [0.1, 0.15) is 5.84 Å². The number of rotatable bonds is 2. The molecule has 2 rings (SSSR count). The average molecular weight is 249 g/mol. The van der Waals surface area contributed by atoms with Crippen LogP contribution in [0.25, 0.3) is 0 Å². The third kappa shape index (κ3) is 2.59. The van der Waals surface area contributed by atoms with Crippen molar-refractivity contribution in [2.45, 2.75) is 32.5 Å².